The Morgan fingerprint density at radius 3 is 2.45 bits per heavy atom. The van der Waals surface area contributed by atoms with Crippen LogP contribution >= 0.6 is 7.37 Å². The molecule has 0 saturated carbocycles. The molecule has 1 aromatic rings. The van der Waals surface area contributed by atoms with E-state index in [2.05, 4.69) is 0 Å². The van der Waals surface area contributed by atoms with Gasteiger partial charge in [-0.15, -0.1) is 0 Å². The Bertz CT molecular complexity index is 562. The molecule has 1 unspecified atom stereocenters. The Labute approximate surface area is 128 Å². The first-order chi connectivity index (χ1) is 10.4. The fourth-order valence-electron chi connectivity index (χ4n) is 2.39. The van der Waals surface area contributed by atoms with E-state index in [0.717, 1.165) is 19.6 Å². The Morgan fingerprint density at radius 2 is 1.91 bits per heavy atom. The predicted octanol–water partition coefficient (Wildman–Crippen LogP) is 1.08. The molecular weight excluding hydrogens is 311 g/mol. The molecule has 0 spiro atoms. The maximum absolute atomic E-state index is 12.7. The number of carbonyl (C=O) groups excluding carboxylic acids is 1. The third kappa shape index (κ3) is 3.24. The van der Waals surface area contributed by atoms with Crippen LogP contribution in [-0.2, 0) is 30.0 Å². The zero-order valence-corrected chi connectivity index (χ0v) is 13.2. The van der Waals surface area contributed by atoms with Crippen molar-refractivity contribution < 1.29 is 33.6 Å². The second-order valence-electron chi connectivity index (χ2n) is 4.99. The van der Waals surface area contributed by atoms with Crippen molar-refractivity contribution in [3.63, 3.8) is 0 Å². The maximum atomic E-state index is 12.7. The first-order valence-electron chi connectivity index (χ1n) is 6.74. The van der Waals surface area contributed by atoms with Crippen LogP contribution in [0.2, 0.25) is 0 Å². The van der Waals surface area contributed by atoms with Crippen molar-refractivity contribution in [1.82, 2.24) is 0 Å². The van der Waals surface area contributed by atoms with Crippen LogP contribution < -0.4 is 0 Å². The summed E-state index contributed by atoms with van der Waals surface area (Å²) in [5, 5.41) is 19.9. The molecule has 2 rings (SSSR count). The molecule has 1 fully saturated rings. The van der Waals surface area contributed by atoms with E-state index in [1.807, 2.05) is 18.2 Å². The van der Waals surface area contributed by atoms with E-state index in [1.165, 1.54) is 0 Å². The summed E-state index contributed by atoms with van der Waals surface area (Å²) in [5.41, 5.74) is 0.808. The summed E-state index contributed by atoms with van der Waals surface area (Å²) in [7, 11) is -2.59. The van der Waals surface area contributed by atoms with Gasteiger partial charge in [0, 0.05) is 14.0 Å². The highest BCUT2D eigenvalue weighted by Gasteiger charge is 2.61. The maximum Gasteiger partial charge on any atom is 0.303 e. The first kappa shape index (κ1) is 17.1. The second-order valence-corrected chi connectivity index (χ2v) is 7.69. The van der Waals surface area contributed by atoms with Crippen LogP contribution in [0.1, 0.15) is 12.5 Å². The van der Waals surface area contributed by atoms with E-state index < -0.39 is 37.2 Å². The number of ether oxygens (including phenoxy) is 2. The summed E-state index contributed by atoms with van der Waals surface area (Å²) in [6.07, 6.45) is -2.78. The van der Waals surface area contributed by atoms with Crippen molar-refractivity contribution in [3.05, 3.63) is 35.9 Å². The van der Waals surface area contributed by atoms with Crippen molar-refractivity contribution in [2.24, 2.45) is 0 Å². The number of aliphatic hydroxyl groups is 2. The van der Waals surface area contributed by atoms with Crippen LogP contribution in [-0.4, -0.2) is 47.2 Å². The lowest BCUT2D eigenvalue weighted by Crippen LogP contribution is -2.37. The van der Waals surface area contributed by atoms with Gasteiger partial charge in [-0.2, -0.15) is 0 Å². The van der Waals surface area contributed by atoms with Crippen molar-refractivity contribution in [3.8, 4) is 0 Å². The normalized spacial score (nSPS) is 34.5. The summed E-state index contributed by atoms with van der Waals surface area (Å²) in [5.74, 6) is -3.57. The topological polar surface area (TPSA) is 102 Å². The molecule has 0 aliphatic carbocycles. The van der Waals surface area contributed by atoms with E-state index in [0.29, 0.717) is 0 Å². The van der Waals surface area contributed by atoms with E-state index in [1.54, 1.807) is 12.1 Å². The average molecular weight is 330 g/mol. The average Bonchev–Trinajstić information content (AvgIpc) is 2.68. The molecule has 22 heavy (non-hydrogen) atoms. The Morgan fingerprint density at radius 1 is 1.27 bits per heavy atom. The smallest absolute Gasteiger partial charge is 0.303 e. The molecule has 5 atom stereocenters. The molecule has 1 aromatic carbocycles. The fraction of sp³-hybridized carbons (Fsp3) is 0.500. The molecule has 1 aliphatic heterocycles. The molecule has 8 heteroatoms. The Balaban J connectivity index is 2.21. The highest BCUT2D eigenvalue weighted by Crippen LogP contribution is 2.63. The number of esters is 1. The quantitative estimate of drug-likeness (QED) is 0.615. The molecule has 7 nitrogen and oxygen atoms in total. The lowest BCUT2D eigenvalue weighted by Gasteiger charge is -2.24. The van der Waals surface area contributed by atoms with Crippen LogP contribution in [0.5, 0.6) is 0 Å². The van der Waals surface area contributed by atoms with Gasteiger partial charge in [-0.25, -0.2) is 0 Å². The van der Waals surface area contributed by atoms with Gasteiger partial charge >= 0.3 is 5.97 Å². The highest BCUT2D eigenvalue weighted by molar-refractivity contribution is 7.60. The molecule has 0 amide bonds. The molecule has 0 radical (unpaired) electrons. The molecule has 0 aromatic heterocycles. The highest BCUT2D eigenvalue weighted by atomic mass is 31.2. The van der Waals surface area contributed by atoms with Crippen LogP contribution in [0.3, 0.4) is 0 Å². The molecule has 1 heterocycles. The van der Waals surface area contributed by atoms with E-state index in [9.17, 15) is 19.6 Å². The fourth-order valence-corrected chi connectivity index (χ4v) is 4.64. The predicted molar refractivity (Wildman–Crippen MR) is 77.2 cm³/mol. The first-order valence-corrected chi connectivity index (χ1v) is 8.50. The minimum absolute atomic E-state index is 0.0794. The summed E-state index contributed by atoms with van der Waals surface area (Å²) in [4.78, 5) is 11.2. The van der Waals surface area contributed by atoms with Gasteiger partial charge in [0.15, 0.2) is 17.8 Å². The van der Waals surface area contributed by atoms with Crippen molar-refractivity contribution in [1.29, 1.82) is 0 Å². The van der Waals surface area contributed by atoms with Crippen molar-refractivity contribution >= 4 is 13.3 Å². The zero-order chi connectivity index (χ0) is 16.3. The molecule has 1 saturated heterocycles. The van der Waals surface area contributed by atoms with Gasteiger partial charge < -0.3 is 24.2 Å². The number of hydrogen-bond acceptors (Lipinski definition) is 7. The monoisotopic (exact) mass is 330 g/mol. The second kappa shape index (κ2) is 6.89. The largest absolute Gasteiger partial charge is 0.456 e. The van der Waals surface area contributed by atoms with Gasteiger partial charge in [0.25, 0.3) is 7.37 Å². The van der Waals surface area contributed by atoms with Gasteiger partial charge in [-0.05, 0) is 5.56 Å². The summed E-state index contributed by atoms with van der Waals surface area (Å²) < 4.78 is 28.2. The van der Waals surface area contributed by atoms with Gasteiger partial charge in [0.05, 0.1) is 6.61 Å². The Kier molecular flexibility index (Phi) is 5.36. The summed E-state index contributed by atoms with van der Waals surface area (Å²) in [6.45, 7) is 1.24. The van der Waals surface area contributed by atoms with Crippen molar-refractivity contribution in [2.45, 2.75) is 37.4 Å². The number of carbonyl (C=O) groups is 1. The van der Waals surface area contributed by atoms with E-state index >= 15 is 0 Å². The minimum atomic E-state index is -3.75. The number of hydrogen-bond donors (Lipinski definition) is 2. The number of benzene rings is 1. The van der Waals surface area contributed by atoms with Gasteiger partial charge in [-0.1, -0.05) is 30.3 Å². The molecule has 1 aliphatic rings. The van der Waals surface area contributed by atoms with E-state index in [4.69, 9.17) is 14.0 Å². The number of aliphatic hydroxyl groups excluding tert-OH is 2. The lowest BCUT2D eigenvalue weighted by atomic mass is 10.2. The van der Waals surface area contributed by atoms with Crippen molar-refractivity contribution in [2.75, 3.05) is 7.11 Å². The molecular formula is C14H19O7P. The standard InChI is InChI=1S/C14H19O7P/c1-9(15)21-12-11(16)13(17)22(18,19-2)14(12)20-8-10-6-4-3-5-7-10/h3-7,11-14,16-17H,8H2,1-2H3/t11-,12-,13+,14+,22?/m1/s1. The lowest BCUT2D eigenvalue weighted by molar-refractivity contribution is -0.160. The van der Waals surface area contributed by atoms with Crippen LogP contribution in [0.15, 0.2) is 30.3 Å². The molecule has 122 valence electrons. The van der Waals surface area contributed by atoms with Crippen LogP contribution in [0.25, 0.3) is 0 Å². The third-order valence-electron chi connectivity index (χ3n) is 3.50. The van der Waals surface area contributed by atoms with Gasteiger partial charge in [0.2, 0.25) is 0 Å². The number of rotatable bonds is 5. The molecule has 2 N–H and O–H groups in total. The third-order valence-corrected chi connectivity index (χ3v) is 6.26. The molecule has 0 bridgehead atoms. The minimum Gasteiger partial charge on any atom is -0.456 e. The van der Waals surface area contributed by atoms with Crippen LogP contribution in [0, 0.1) is 0 Å². The van der Waals surface area contributed by atoms with Crippen LogP contribution in [0.4, 0.5) is 0 Å². The van der Waals surface area contributed by atoms with Gasteiger partial charge in [-0.3, -0.25) is 9.36 Å². The summed E-state index contributed by atoms with van der Waals surface area (Å²) >= 11 is 0. The Hall–Kier alpha value is -1.24. The SMILES string of the molecule is COP1(=O)[C@H](O)[C@H](O)[C@@H](OC(C)=O)[C@H]1OCc1ccccc1. The summed E-state index contributed by atoms with van der Waals surface area (Å²) in [6, 6.07) is 9.09. The van der Waals surface area contributed by atoms with Gasteiger partial charge in [0.1, 0.15) is 6.10 Å². The van der Waals surface area contributed by atoms with E-state index in [-0.39, 0.29) is 6.61 Å². The zero-order valence-electron chi connectivity index (χ0n) is 12.3.